The van der Waals surface area contributed by atoms with Crippen LogP contribution in [0.2, 0.25) is 0 Å². The maximum absolute atomic E-state index is 15.1. The predicted octanol–water partition coefficient (Wildman–Crippen LogP) is 5.95. The number of carbonyl (C=O) groups is 1. The maximum atomic E-state index is 15.1. The summed E-state index contributed by atoms with van der Waals surface area (Å²) in [6, 6.07) is 7.32. The average Bonchev–Trinajstić information content (AvgIpc) is 3.05. The third-order valence-electron chi connectivity index (χ3n) is 7.71. The van der Waals surface area contributed by atoms with Gasteiger partial charge in [-0.15, -0.1) is 0 Å². The van der Waals surface area contributed by atoms with E-state index in [1.807, 2.05) is 0 Å². The predicted molar refractivity (Wildman–Crippen MR) is 158 cm³/mol. The van der Waals surface area contributed by atoms with Crippen molar-refractivity contribution in [3.05, 3.63) is 77.1 Å². The number of fused-ring (bicyclic) bond motifs is 3. The van der Waals surface area contributed by atoms with Crippen LogP contribution in [-0.2, 0) is 28.5 Å². The number of morpholine rings is 1. The number of alkyl halides is 3. The van der Waals surface area contributed by atoms with Crippen molar-refractivity contribution in [3.63, 3.8) is 0 Å². The highest BCUT2D eigenvalue weighted by Crippen LogP contribution is 2.48. The molecular weight excluding hydrogens is 629 g/mol. The summed E-state index contributed by atoms with van der Waals surface area (Å²) < 4.78 is 97.5. The molecule has 248 valence electrons. The minimum Gasteiger partial charge on any atom is -0.489 e. The number of ketones is 1. The maximum Gasteiger partial charge on any atom is 0.416 e. The van der Waals surface area contributed by atoms with Gasteiger partial charge >= 0.3 is 6.18 Å². The van der Waals surface area contributed by atoms with Crippen molar-refractivity contribution in [2.24, 2.45) is 0 Å². The lowest BCUT2D eigenvalue weighted by Crippen LogP contribution is -2.37. The van der Waals surface area contributed by atoms with E-state index in [1.54, 1.807) is 6.07 Å². The molecule has 0 atom stereocenters. The van der Waals surface area contributed by atoms with Crippen molar-refractivity contribution in [2.45, 2.75) is 25.4 Å². The van der Waals surface area contributed by atoms with Crippen LogP contribution in [0.3, 0.4) is 0 Å². The second-order valence-electron chi connectivity index (χ2n) is 11.0. The molecule has 9 nitrogen and oxygen atoms in total. The first-order valence-corrected chi connectivity index (χ1v) is 15.0. The quantitative estimate of drug-likeness (QED) is 0.143. The van der Waals surface area contributed by atoms with Gasteiger partial charge in [0.05, 0.1) is 30.9 Å². The smallest absolute Gasteiger partial charge is 0.416 e. The number of halogens is 5. The number of carbonyl (C=O) groups excluding carboxylic acids is 1. The van der Waals surface area contributed by atoms with E-state index in [-0.39, 0.29) is 23.8 Å². The van der Waals surface area contributed by atoms with Crippen molar-refractivity contribution in [3.8, 4) is 28.9 Å². The molecule has 0 amide bonds. The van der Waals surface area contributed by atoms with Gasteiger partial charge < -0.3 is 23.7 Å². The molecule has 4 aromatic rings. The van der Waals surface area contributed by atoms with Crippen LogP contribution < -0.4 is 18.9 Å². The third-order valence-corrected chi connectivity index (χ3v) is 7.71. The van der Waals surface area contributed by atoms with E-state index < -0.39 is 47.6 Å². The van der Waals surface area contributed by atoms with Crippen LogP contribution in [-0.4, -0.2) is 73.3 Å². The molecule has 14 heteroatoms. The van der Waals surface area contributed by atoms with Gasteiger partial charge in [0.2, 0.25) is 11.6 Å². The first-order valence-electron chi connectivity index (χ1n) is 15.0. The zero-order valence-electron chi connectivity index (χ0n) is 25.1. The molecule has 2 aliphatic rings. The van der Waals surface area contributed by atoms with Crippen molar-refractivity contribution in [2.75, 3.05) is 52.7 Å². The van der Waals surface area contributed by atoms with Gasteiger partial charge in [-0.3, -0.25) is 9.69 Å². The summed E-state index contributed by atoms with van der Waals surface area (Å²) in [5.74, 6) is -1.12. The standard InChI is InChI=1S/C33H30F5N3O6/c34-25-5-3-22(33(36,37)38)14-21(25)16-23(42)15-20-2-4-24(17-26(20)35)47-32-29-27(39-19-40-32)18-28(30-31(29)46-13-12-45-30)44-9-1-6-41-7-10-43-11-8-41/h2-5,14,17-19H,1,6-13,15-16H2. The van der Waals surface area contributed by atoms with Crippen molar-refractivity contribution in [1.29, 1.82) is 0 Å². The van der Waals surface area contributed by atoms with Crippen LogP contribution in [0.25, 0.3) is 10.9 Å². The van der Waals surface area contributed by atoms with E-state index in [0.717, 1.165) is 45.3 Å². The van der Waals surface area contributed by atoms with E-state index in [0.29, 0.717) is 59.6 Å². The zero-order chi connectivity index (χ0) is 33.0. The Labute approximate surface area is 266 Å². The average molecular weight is 660 g/mol. The lowest BCUT2D eigenvalue weighted by Gasteiger charge is -2.26. The lowest BCUT2D eigenvalue weighted by molar-refractivity contribution is -0.137. The topological polar surface area (TPSA) is 92.2 Å². The number of nitrogens with zero attached hydrogens (tertiary/aromatic N) is 3. The van der Waals surface area contributed by atoms with Gasteiger partial charge in [-0.25, -0.2) is 18.7 Å². The molecule has 1 fully saturated rings. The SMILES string of the molecule is O=C(Cc1ccc(Oc2ncnc3cc(OCCCN4CCOCC4)c4c(c23)OCCO4)cc1F)Cc1cc(C(F)(F)F)ccc1F. The Morgan fingerprint density at radius 2 is 1.64 bits per heavy atom. The zero-order valence-corrected chi connectivity index (χ0v) is 25.1. The molecule has 1 aromatic heterocycles. The second kappa shape index (κ2) is 14.1. The molecule has 0 spiro atoms. The Hall–Kier alpha value is -4.56. The highest BCUT2D eigenvalue weighted by atomic mass is 19.4. The van der Waals surface area contributed by atoms with E-state index in [4.69, 9.17) is 23.7 Å². The highest BCUT2D eigenvalue weighted by molar-refractivity contribution is 5.94. The Balaban J connectivity index is 1.16. The molecule has 0 aliphatic carbocycles. The molecular formula is C33H30F5N3O6. The van der Waals surface area contributed by atoms with Gasteiger partial charge in [-0.05, 0) is 41.8 Å². The van der Waals surface area contributed by atoms with Crippen molar-refractivity contribution in [1.82, 2.24) is 14.9 Å². The summed E-state index contributed by atoms with van der Waals surface area (Å²) in [4.78, 5) is 23.5. The summed E-state index contributed by atoms with van der Waals surface area (Å²) in [7, 11) is 0. The minimum atomic E-state index is -4.69. The van der Waals surface area contributed by atoms with Gasteiger partial charge in [0.1, 0.15) is 48.1 Å². The fraction of sp³-hybridized carbons (Fsp3) is 0.364. The molecule has 0 radical (unpaired) electrons. The Kier molecular flexibility index (Phi) is 9.68. The fourth-order valence-electron chi connectivity index (χ4n) is 5.38. The van der Waals surface area contributed by atoms with E-state index in [9.17, 15) is 22.4 Å². The van der Waals surface area contributed by atoms with Crippen LogP contribution in [0, 0.1) is 11.6 Å². The Morgan fingerprint density at radius 1 is 0.872 bits per heavy atom. The van der Waals surface area contributed by atoms with E-state index in [2.05, 4.69) is 14.9 Å². The summed E-state index contributed by atoms with van der Waals surface area (Å²) in [5.41, 5.74) is -1.08. The van der Waals surface area contributed by atoms with E-state index >= 15 is 4.39 Å². The van der Waals surface area contributed by atoms with Crippen molar-refractivity contribution < 1.29 is 50.4 Å². The molecule has 3 aromatic carbocycles. The third kappa shape index (κ3) is 7.71. The van der Waals surface area contributed by atoms with Crippen LogP contribution in [0.15, 0.2) is 48.8 Å². The number of Topliss-reactive ketones (excluding diaryl/α,β-unsaturated/α-hetero) is 1. The van der Waals surface area contributed by atoms with Crippen LogP contribution >= 0.6 is 0 Å². The summed E-state index contributed by atoms with van der Waals surface area (Å²) in [5, 5.41) is 0.394. The van der Waals surface area contributed by atoms with Gasteiger partial charge in [0, 0.05) is 44.6 Å². The van der Waals surface area contributed by atoms with Crippen LogP contribution in [0.5, 0.6) is 28.9 Å². The number of hydrogen-bond donors (Lipinski definition) is 0. The molecule has 47 heavy (non-hydrogen) atoms. The van der Waals surface area contributed by atoms with Crippen molar-refractivity contribution >= 4 is 16.7 Å². The summed E-state index contributed by atoms with van der Waals surface area (Å²) in [6.45, 7) is 5.09. The molecule has 6 rings (SSSR count). The molecule has 0 saturated carbocycles. The fourth-order valence-corrected chi connectivity index (χ4v) is 5.38. The second-order valence-corrected chi connectivity index (χ2v) is 11.0. The van der Waals surface area contributed by atoms with Gasteiger partial charge in [0.25, 0.3) is 0 Å². The number of rotatable bonds is 11. The minimum absolute atomic E-state index is 0.0354. The molecule has 1 saturated heterocycles. The highest BCUT2D eigenvalue weighted by Gasteiger charge is 2.31. The van der Waals surface area contributed by atoms with E-state index in [1.165, 1.54) is 18.5 Å². The lowest BCUT2D eigenvalue weighted by atomic mass is 10.00. The normalized spacial score (nSPS) is 15.1. The molecule has 0 unspecified atom stereocenters. The molecule has 0 bridgehead atoms. The number of hydrogen-bond acceptors (Lipinski definition) is 9. The Morgan fingerprint density at radius 3 is 2.40 bits per heavy atom. The largest absolute Gasteiger partial charge is 0.489 e. The number of aromatic nitrogens is 2. The van der Waals surface area contributed by atoms with Gasteiger partial charge in [0.15, 0.2) is 11.5 Å². The molecule has 2 aliphatic heterocycles. The monoisotopic (exact) mass is 659 g/mol. The Bertz CT molecular complexity index is 1760. The first kappa shape index (κ1) is 32.4. The summed E-state index contributed by atoms with van der Waals surface area (Å²) in [6.07, 6.45) is -3.72. The molecule has 3 heterocycles. The van der Waals surface area contributed by atoms with Gasteiger partial charge in [-0.1, -0.05) is 6.07 Å². The van der Waals surface area contributed by atoms with Crippen LogP contribution in [0.4, 0.5) is 22.0 Å². The first-order chi connectivity index (χ1) is 22.7. The molecule has 0 N–H and O–H groups in total. The number of ether oxygens (including phenoxy) is 5. The van der Waals surface area contributed by atoms with Gasteiger partial charge in [-0.2, -0.15) is 13.2 Å². The number of benzene rings is 3. The van der Waals surface area contributed by atoms with Crippen LogP contribution in [0.1, 0.15) is 23.1 Å². The summed E-state index contributed by atoms with van der Waals surface area (Å²) >= 11 is 0.